The molecule has 4 aromatic rings. The van der Waals surface area contributed by atoms with E-state index >= 15 is 0 Å². The lowest BCUT2D eigenvalue weighted by Gasteiger charge is -2.10. The highest BCUT2D eigenvalue weighted by molar-refractivity contribution is 9.10. The van der Waals surface area contributed by atoms with Crippen molar-refractivity contribution in [2.24, 2.45) is 0 Å². The molecule has 0 amide bonds. The molecule has 3 aromatic heterocycles. The molecule has 0 unspecified atom stereocenters. The van der Waals surface area contributed by atoms with E-state index in [-0.39, 0.29) is 0 Å². The first kappa shape index (κ1) is 19.0. The molecule has 144 valence electrons. The fraction of sp³-hybridized carbons (Fsp3) is 0.211. The second kappa shape index (κ2) is 7.97. The van der Waals surface area contributed by atoms with E-state index < -0.39 is 12.5 Å². The van der Waals surface area contributed by atoms with Crippen molar-refractivity contribution in [3.63, 3.8) is 0 Å². The van der Waals surface area contributed by atoms with Gasteiger partial charge in [0.05, 0.1) is 41.2 Å². The summed E-state index contributed by atoms with van der Waals surface area (Å²) in [4.78, 5) is 12.9. The van der Waals surface area contributed by atoms with Crippen LogP contribution >= 0.6 is 27.5 Å². The summed E-state index contributed by atoms with van der Waals surface area (Å²) in [7, 11) is 0. The van der Waals surface area contributed by atoms with Gasteiger partial charge in [-0.15, -0.1) is 0 Å². The number of alkyl halides is 1. The Morgan fingerprint density at radius 1 is 1.11 bits per heavy atom. The molecular formula is C19H15BrClF2N5. The molecule has 0 aliphatic rings. The maximum atomic E-state index is 14.0. The van der Waals surface area contributed by atoms with Crippen molar-refractivity contribution in [3.05, 3.63) is 64.1 Å². The smallest absolute Gasteiger partial charge is 0.142 e. The Balaban J connectivity index is 1.79. The fourth-order valence-corrected chi connectivity index (χ4v) is 3.59. The Kier molecular flexibility index (Phi) is 5.41. The third kappa shape index (κ3) is 3.66. The van der Waals surface area contributed by atoms with Gasteiger partial charge in [0.1, 0.15) is 16.8 Å². The molecule has 0 N–H and O–H groups in total. The normalized spacial score (nSPS) is 11.4. The van der Waals surface area contributed by atoms with E-state index in [2.05, 4.69) is 30.9 Å². The van der Waals surface area contributed by atoms with Crippen molar-refractivity contribution in [2.45, 2.75) is 19.5 Å². The molecule has 0 aliphatic heterocycles. The van der Waals surface area contributed by atoms with E-state index in [0.29, 0.717) is 40.5 Å². The number of nitrogens with zero attached hydrogens (tertiary/aromatic N) is 5. The molecule has 9 heteroatoms. The average Bonchev–Trinajstić information content (AvgIpc) is 3.24. The number of pyridine rings is 1. The number of halogens is 4. The van der Waals surface area contributed by atoms with E-state index in [1.54, 1.807) is 35.6 Å². The molecule has 0 saturated carbocycles. The molecule has 5 nitrogen and oxygen atoms in total. The summed E-state index contributed by atoms with van der Waals surface area (Å²) < 4.78 is 30.8. The summed E-state index contributed by atoms with van der Waals surface area (Å²) in [5, 5.41) is 0.529. The fourth-order valence-electron chi connectivity index (χ4n) is 3.10. The first-order valence-corrected chi connectivity index (χ1v) is 9.75. The molecule has 0 fully saturated rings. The van der Waals surface area contributed by atoms with Crippen molar-refractivity contribution >= 4 is 38.6 Å². The number of hydrogen-bond acceptors (Lipinski definition) is 3. The van der Waals surface area contributed by atoms with Crippen molar-refractivity contribution in [1.82, 2.24) is 24.1 Å². The summed E-state index contributed by atoms with van der Waals surface area (Å²) in [5.74, 6) is 0.225. The lowest BCUT2D eigenvalue weighted by molar-refractivity contribution is 0.450. The van der Waals surface area contributed by atoms with E-state index in [4.69, 9.17) is 11.6 Å². The largest absolute Gasteiger partial charge is 0.324 e. The maximum absolute atomic E-state index is 14.0. The molecular weight excluding hydrogens is 452 g/mol. The van der Waals surface area contributed by atoms with Gasteiger partial charge in [-0.3, -0.25) is 9.37 Å². The van der Waals surface area contributed by atoms with Crippen LogP contribution in [0.2, 0.25) is 5.15 Å². The highest BCUT2D eigenvalue weighted by Crippen LogP contribution is 2.29. The summed E-state index contributed by atoms with van der Waals surface area (Å²) in [6.07, 6.45) is 6.99. The van der Waals surface area contributed by atoms with Gasteiger partial charge in [-0.2, -0.15) is 0 Å². The minimum Gasteiger partial charge on any atom is -0.324 e. The van der Waals surface area contributed by atoms with Crippen molar-refractivity contribution < 1.29 is 8.78 Å². The molecule has 0 radical (unpaired) electrons. The second-order valence-electron chi connectivity index (χ2n) is 6.31. The molecule has 1 aromatic carbocycles. The van der Waals surface area contributed by atoms with Crippen LogP contribution in [0.25, 0.3) is 22.4 Å². The number of hydrogen-bond donors (Lipinski definition) is 0. The van der Waals surface area contributed by atoms with Crippen molar-refractivity contribution in [1.29, 1.82) is 0 Å². The van der Waals surface area contributed by atoms with E-state index in [9.17, 15) is 8.78 Å². The Morgan fingerprint density at radius 3 is 2.71 bits per heavy atom. The molecule has 3 heterocycles. The summed E-state index contributed by atoms with van der Waals surface area (Å²) in [6.45, 7) is 0.488. The summed E-state index contributed by atoms with van der Waals surface area (Å²) in [6, 6.07) is 4.99. The van der Waals surface area contributed by atoms with Gasteiger partial charge in [0.25, 0.3) is 0 Å². The maximum Gasteiger partial charge on any atom is 0.142 e. The number of aryl methyl sites for hydroxylation is 1. The quantitative estimate of drug-likeness (QED) is 0.389. The standard InChI is InChI=1S/C19H15BrClF2N5/c20-14-5-17-16(6-15(14)23)26-19(28(17)3-1-2-22)13-4-12(7-24-8-13)10-27-11-25-9-18(27)21/h4-9,11H,1-3,10H2. The zero-order chi connectivity index (χ0) is 19.7. The number of fused-ring (bicyclic) bond motifs is 1. The first-order chi connectivity index (χ1) is 13.6. The average molecular weight is 467 g/mol. The lowest BCUT2D eigenvalue weighted by atomic mass is 10.2. The number of aromatic nitrogens is 5. The number of rotatable bonds is 6. The molecule has 0 bridgehead atoms. The van der Waals surface area contributed by atoms with Crippen LogP contribution in [0.5, 0.6) is 0 Å². The predicted molar refractivity (Wildman–Crippen MR) is 108 cm³/mol. The van der Waals surface area contributed by atoms with Crippen molar-refractivity contribution in [2.75, 3.05) is 6.67 Å². The van der Waals surface area contributed by atoms with Crippen LogP contribution in [0.4, 0.5) is 8.78 Å². The molecule has 0 aliphatic carbocycles. The van der Waals surface area contributed by atoms with Gasteiger partial charge < -0.3 is 9.13 Å². The van der Waals surface area contributed by atoms with Gasteiger partial charge in [0.2, 0.25) is 0 Å². The molecule has 4 rings (SSSR count). The number of imidazole rings is 2. The second-order valence-corrected chi connectivity index (χ2v) is 7.55. The van der Waals surface area contributed by atoms with E-state index in [1.807, 2.05) is 10.6 Å². The van der Waals surface area contributed by atoms with Gasteiger partial charge in [-0.05, 0) is 40.0 Å². The third-order valence-electron chi connectivity index (χ3n) is 4.37. The topological polar surface area (TPSA) is 48.5 Å². The van der Waals surface area contributed by atoms with Crippen molar-refractivity contribution in [3.8, 4) is 11.4 Å². The van der Waals surface area contributed by atoms with Crippen LogP contribution in [0.15, 0.2) is 47.6 Å². The van der Waals surface area contributed by atoms with Gasteiger partial charge in [-0.1, -0.05) is 11.6 Å². The van der Waals surface area contributed by atoms with Gasteiger partial charge in [-0.25, -0.2) is 14.4 Å². The highest BCUT2D eigenvalue weighted by Gasteiger charge is 2.16. The predicted octanol–water partition coefficient (Wildman–Crippen LogP) is 5.26. The Bertz CT molecular complexity index is 1140. The van der Waals surface area contributed by atoms with Crippen LogP contribution in [0, 0.1) is 5.82 Å². The lowest BCUT2D eigenvalue weighted by Crippen LogP contribution is -2.03. The first-order valence-electron chi connectivity index (χ1n) is 8.58. The van der Waals surface area contributed by atoms with Crippen LogP contribution in [0.1, 0.15) is 12.0 Å². The third-order valence-corrected chi connectivity index (χ3v) is 5.30. The SMILES string of the molecule is FCCCn1c(-c2cncc(Cn3cncc3Cl)c2)nc2cc(F)c(Br)cc21. The summed E-state index contributed by atoms with van der Waals surface area (Å²) in [5.41, 5.74) is 2.92. The van der Waals surface area contributed by atoms with Gasteiger partial charge in [0.15, 0.2) is 0 Å². The summed E-state index contributed by atoms with van der Waals surface area (Å²) >= 11 is 9.31. The van der Waals surface area contributed by atoms with Crippen LogP contribution < -0.4 is 0 Å². The Morgan fingerprint density at radius 2 is 1.96 bits per heavy atom. The zero-order valence-corrected chi connectivity index (χ0v) is 17.0. The molecule has 0 atom stereocenters. The Labute approximate surface area is 173 Å². The molecule has 0 saturated heterocycles. The van der Waals surface area contributed by atoms with E-state index in [1.165, 1.54) is 6.07 Å². The van der Waals surface area contributed by atoms with E-state index in [0.717, 1.165) is 16.6 Å². The van der Waals surface area contributed by atoms with Gasteiger partial charge in [0, 0.05) is 30.6 Å². The molecule has 28 heavy (non-hydrogen) atoms. The minimum absolute atomic E-state index is 0.339. The minimum atomic E-state index is -0.446. The van der Waals surface area contributed by atoms with Crippen LogP contribution in [-0.4, -0.2) is 30.8 Å². The highest BCUT2D eigenvalue weighted by atomic mass is 79.9. The van der Waals surface area contributed by atoms with Crippen LogP contribution in [0.3, 0.4) is 0 Å². The Hall–Kier alpha value is -2.32. The number of benzene rings is 1. The monoisotopic (exact) mass is 465 g/mol. The zero-order valence-electron chi connectivity index (χ0n) is 14.6. The van der Waals surface area contributed by atoms with Gasteiger partial charge >= 0.3 is 0 Å². The van der Waals surface area contributed by atoms with Crippen LogP contribution in [-0.2, 0) is 13.1 Å². The molecule has 0 spiro atoms.